The van der Waals surface area contributed by atoms with E-state index in [0.717, 1.165) is 83.0 Å². The number of halogens is 2. The lowest BCUT2D eigenvalue weighted by molar-refractivity contribution is -0.136. The number of imide groups is 2. The molecular formula is C42H44F2N10O5. The lowest BCUT2D eigenvalue weighted by Crippen LogP contribution is -2.54. The predicted octanol–water partition coefficient (Wildman–Crippen LogP) is 3.53. The molecule has 0 saturated carbocycles. The molecule has 4 aromatic rings. The number of piperidine rings is 2. The summed E-state index contributed by atoms with van der Waals surface area (Å²) in [5, 5.41) is 15.2. The number of aryl methyl sites for hydroxylation is 2. The summed E-state index contributed by atoms with van der Waals surface area (Å²) in [4.78, 5) is 71.5. The van der Waals surface area contributed by atoms with Crippen LogP contribution >= 0.6 is 0 Å². The summed E-state index contributed by atoms with van der Waals surface area (Å²) >= 11 is 0. The summed E-state index contributed by atoms with van der Waals surface area (Å²) in [5.41, 5.74) is 7.44. The second kappa shape index (κ2) is 14.5. The fourth-order valence-electron chi connectivity index (χ4n) is 9.94. The standard InChI is InChI=1S/C42H44F2N10O5/c1-49-19-26(17-46-49)28-13-23-3-2-10-52(35(23)16-29(28)38(43)44)39-32-18-45-9-6-33(32)54(48-39)27-7-11-51(12-8-27)37(56)22-50-20-24-14-30-31(15-25(24)21-50)42(59)53(41(30)58)34-4-5-36(55)47-40(34)57/h13-17,19,27,34,38,45H,2-12,18,20-22H2,1H3,(H,47,55,57). The molecule has 59 heavy (non-hydrogen) atoms. The molecular weight excluding hydrogens is 763 g/mol. The molecule has 2 aromatic heterocycles. The molecule has 306 valence electrons. The Hall–Kier alpha value is -5.81. The average molecular weight is 807 g/mol. The third-order valence-corrected chi connectivity index (χ3v) is 12.9. The fourth-order valence-corrected chi connectivity index (χ4v) is 9.94. The van der Waals surface area contributed by atoms with Crippen LogP contribution in [0.1, 0.15) is 98.8 Å². The topological polar surface area (TPSA) is 158 Å². The Bertz CT molecular complexity index is 2410. The Morgan fingerprint density at radius 2 is 1.63 bits per heavy atom. The lowest BCUT2D eigenvalue weighted by atomic mass is 9.93. The number of benzene rings is 2. The number of carbonyl (C=O) groups is 5. The first-order valence-electron chi connectivity index (χ1n) is 20.4. The second-order valence-electron chi connectivity index (χ2n) is 16.5. The van der Waals surface area contributed by atoms with Gasteiger partial charge < -0.3 is 15.1 Å². The van der Waals surface area contributed by atoms with Crippen molar-refractivity contribution >= 4 is 41.0 Å². The van der Waals surface area contributed by atoms with Crippen molar-refractivity contribution in [2.75, 3.05) is 37.6 Å². The van der Waals surface area contributed by atoms with Crippen molar-refractivity contribution in [2.45, 2.75) is 83.1 Å². The van der Waals surface area contributed by atoms with E-state index in [4.69, 9.17) is 5.10 Å². The molecule has 5 amide bonds. The SMILES string of the molecule is Cn1cc(-c2cc3c(cc2C(F)F)N(c2nn(C4CCN(C(=O)CN5Cc6cc7c(cc6C5)C(=O)N(C5CCC(=O)NC5=O)C7=O)CC4)c4c2CNCC4)CCC3)cn1. The molecule has 15 nitrogen and oxygen atoms in total. The van der Waals surface area contributed by atoms with E-state index in [1.54, 1.807) is 42.3 Å². The summed E-state index contributed by atoms with van der Waals surface area (Å²) in [6.07, 6.45) is 4.81. The molecule has 0 radical (unpaired) electrons. The third-order valence-electron chi connectivity index (χ3n) is 12.9. The number of nitrogens with one attached hydrogen (secondary N) is 2. The summed E-state index contributed by atoms with van der Waals surface area (Å²) in [6, 6.07) is 6.04. The Morgan fingerprint density at radius 1 is 0.898 bits per heavy atom. The minimum absolute atomic E-state index is 0.0118. The summed E-state index contributed by atoms with van der Waals surface area (Å²) in [5.74, 6) is -1.32. The van der Waals surface area contributed by atoms with Gasteiger partial charge in [0.05, 0.1) is 29.9 Å². The summed E-state index contributed by atoms with van der Waals surface area (Å²) < 4.78 is 33.0. The Morgan fingerprint density at radius 3 is 2.31 bits per heavy atom. The van der Waals surface area contributed by atoms with Crippen LogP contribution in [0.4, 0.5) is 20.3 Å². The van der Waals surface area contributed by atoms with Gasteiger partial charge in [-0.15, -0.1) is 0 Å². The molecule has 2 fully saturated rings. The van der Waals surface area contributed by atoms with Crippen molar-refractivity contribution in [1.29, 1.82) is 0 Å². The number of aromatic nitrogens is 4. The molecule has 10 rings (SSSR count). The van der Waals surface area contributed by atoms with Crippen LogP contribution in [0, 0.1) is 0 Å². The first-order chi connectivity index (χ1) is 28.5. The van der Waals surface area contributed by atoms with E-state index in [-0.39, 0.29) is 48.0 Å². The molecule has 2 aromatic carbocycles. The number of rotatable bonds is 7. The van der Waals surface area contributed by atoms with Crippen LogP contribution in [0.25, 0.3) is 11.1 Å². The molecule has 1 atom stereocenters. The van der Waals surface area contributed by atoms with Gasteiger partial charge in [0, 0.05) is 100.0 Å². The highest BCUT2D eigenvalue weighted by Gasteiger charge is 2.45. The number of alkyl halides is 2. The van der Waals surface area contributed by atoms with Crippen LogP contribution in [0.5, 0.6) is 0 Å². The number of likely N-dealkylation sites (tertiary alicyclic amines) is 1. The van der Waals surface area contributed by atoms with Gasteiger partial charge in [-0.3, -0.25) is 48.5 Å². The van der Waals surface area contributed by atoms with E-state index in [0.29, 0.717) is 50.4 Å². The Balaban J connectivity index is 0.814. The number of amides is 5. The quantitative estimate of drug-likeness (QED) is 0.265. The van der Waals surface area contributed by atoms with Crippen LogP contribution in [0.3, 0.4) is 0 Å². The van der Waals surface area contributed by atoms with Gasteiger partial charge in [-0.2, -0.15) is 10.2 Å². The number of anilines is 2. The van der Waals surface area contributed by atoms with Gasteiger partial charge in [-0.25, -0.2) is 8.78 Å². The largest absolute Gasteiger partial charge is 0.341 e. The maximum atomic E-state index is 14.6. The van der Waals surface area contributed by atoms with Gasteiger partial charge in [-0.05, 0) is 78.6 Å². The highest BCUT2D eigenvalue weighted by atomic mass is 19.3. The van der Waals surface area contributed by atoms with Gasteiger partial charge >= 0.3 is 0 Å². The minimum atomic E-state index is -2.65. The predicted molar refractivity (Wildman–Crippen MR) is 209 cm³/mol. The van der Waals surface area contributed by atoms with E-state index >= 15 is 0 Å². The van der Waals surface area contributed by atoms with Crippen molar-refractivity contribution < 1.29 is 32.8 Å². The van der Waals surface area contributed by atoms with E-state index < -0.39 is 36.1 Å². The number of fused-ring (bicyclic) bond motifs is 4. The molecule has 0 aliphatic carbocycles. The molecule has 0 spiro atoms. The molecule has 6 aliphatic heterocycles. The molecule has 6 aliphatic rings. The van der Waals surface area contributed by atoms with Crippen molar-refractivity contribution in [3.8, 4) is 11.1 Å². The summed E-state index contributed by atoms with van der Waals surface area (Å²) in [7, 11) is 1.78. The lowest BCUT2D eigenvalue weighted by Gasteiger charge is -2.34. The molecule has 17 heteroatoms. The second-order valence-corrected chi connectivity index (χ2v) is 16.5. The average Bonchev–Trinajstić information content (AvgIpc) is 4.00. The van der Waals surface area contributed by atoms with E-state index in [9.17, 15) is 32.8 Å². The Kier molecular flexibility index (Phi) is 9.19. The van der Waals surface area contributed by atoms with Gasteiger partial charge in [0.2, 0.25) is 17.7 Å². The van der Waals surface area contributed by atoms with Gasteiger partial charge in [-0.1, -0.05) is 0 Å². The minimum Gasteiger partial charge on any atom is -0.341 e. The van der Waals surface area contributed by atoms with Crippen molar-refractivity contribution in [1.82, 2.24) is 44.9 Å². The van der Waals surface area contributed by atoms with Crippen LogP contribution in [-0.2, 0) is 53.9 Å². The highest BCUT2D eigenvalue weighted by Crippen LogP contribution is 2.43. The van der Waals surface area contributed by atoms with E-state index in [2.05, 4.69) is 25.3 Å². The van der Waals surface area contributed by atoms with Gasteiger partial charge in [0.25, 0.3) is 18.2 Å². The van der Waals surface area contributed by atoms with E-state index in [1.165, 1.54) is 0 Å². The third kappa shape index (κ3) is 6.41. The fraction of sp³-hybridized carbons (Fsp3) is 0.452. The van der Waals surface area contributed by atoms with Crippen LogP contribution in [0.15, 0.2) is 36.7 Å². The zero-order chi connectivity index (χ0) is 40.7. The van der Waals surface area contributed by atoms with Crippen molar-refractivity contribution in [3.63, 3.8) is 0 Å². The maximum Gasteiger partial charge on any atom is 0.264 e. The van der Waals surface area contributed by atoms with Crippen LogP contribution < -0.4 is 15.5 Å². The van der Waals surface area contributed by atoms with Crippen LogP contribution in [0.2, 0.25) is 0 Å². The zero-order valence-corrected chi connectivity index (χ0v) is 32.7. The molecule has 8 heterocycles. The van der Waals surface area contributed by atoms with Crippen molar-refractivity contribution in [3.05, 3.63) is 81.3 Å². The first-order valence-corrected chi connectivity index (χ1v) is 20.4. The van der Waals surface area contributed by atoms with Crippen molar-refractivity contribution in [2.24, 2.45) is 7.05 Å². The van der Waals surface area contributed by atoms with Gasteiger partial charge in [0.1, 0.15) is 6.04 Å². The molecule has 0 bridgehead atoms. The van der Waals surface area contributed by atoms with Crippen LogP contribution in [-0.4, -0.2) is 103 Å². The number of hydrogen-bond donors (Lipinski definition) is 2. The van der Waals surface area contributed by atoms with E-state index in [1.807, 2.05) is 15.9 Å². The maximum absolute atomic E-state index is 14.6. The zero-order valence-electron chi connectivity index (χ0n) is 32.7. The molecule has 2 N–H and O–H groups in total. The van der Waals surface area contributed by atoms with Gasteiger partial charge in [0.15, 0.2) is 5.82 Å². The normalized spacial score (nSPS) is 20.9. The number of nitrogens with zero attached hydrogens (tertiary/aromatic N) is 8. The smallest absolute Gasteiger partial charge is 0.264 e. The number of hydrogen-bond acceptors (Lipinski definition) is 10. The first kappa shape index (κ1) is 37.5. The molecule has 1 unspecified atom stereocenters. The molecule has 2 saturated heterocycles. The Labute approximate surface area is 338 Å². The number of carbonyl (C=O) groups excluding carboxylic acids is 5. The highest BCUT2D eigenvalue weighted by molar-refractivity contribution is 6.23. The monoisotopic (exact) mass is 806 g/mol. The summed E-state index contributed by atoms with van der Waals surface area (Å²) in [6.45, 7) is 4.37.